The molecule has 0 aliphatic heterocycles. The van der Waals surface area contributed by atoms with E-state index in [1.54, 1.807) is 19.2 Å². The average molecular weight is 247 g/mol. The zero-order valence-electron chi connectivity index (χ0n) is 10.8. The van der Waals surface area contributed by atoms with E-state index in [0.717, 1.165) is 24.6 Å². The molecule has 4 nitrogen and oxygen atoms in total. The Kier molecular flexibility index (Phi) is 4.07. The van der Waals surface area contributed by atoms with E-state index < -0.39 is 0 Å². The number of nitrogens with two attached hydrogens (primary N) is 1. The number of nitrogen functional groups attached to an aromatic ring is 1. The van der Waals surface area contributed by atoms with Crippen LogP contribution in [0.5, 0.6) is 0 Å². The number of anilines is 2. The molecule has 1 aliphatic carbocycles. The van der Waals surface area contributed by atoms with Gasteiger partial charge in [-0.05, 0) is 37.0 Å². The number of carbonyl (C=O) groups excluding carboxylic acids is 1. The molecule has 1 fully saturated rings. The van der Waals surface area contributed by atoms with Gasteiger partial charge in [0.15, 0.2) is 0 Å². The van der Waals surface area contributed by atoms with Gasteiger partial charge in [-0.15, -0.1) is 0 Å². The van der Waals surface area contributed by atoms with Crippen molar-refractivity contribution in [1.29, 1.82) is 0 Å². The number of hydrogen-bond acceptors (Lipinski definition) is 3. The first-order chi connectivity index (χ1) is 8.70. The van der Waals surface area contributed by atoms with Crippen LogP contribution in [0.25, 0.3) is 0 Å². The third-order valence-electron chi connectivity index (χ3n) is 3.32. The van der Waals surface area contributed by atoms with Crippen LogP contribution < -0.4 is 16.4 Å². The van der Waals surface area contributed by atoms with E-state index in [1.807, 2.05) is 6.07 Å². The highest BCUT2D eigenvalue weighted by Gasteiger charge is 2.20. The summed E-state index contributed by atoms with van der Waals surface area (Å²) in [7, 11) is 1.63. The van der Waals surface area contributed by atoms with E-state index in [0.29, 0.717) is 11.3 Å². The molecule has 1 aliphatic rings. The Hall–Kier alpha value is -1.71. The summed E-state index contributed by atoms with van der Waals surface area (Å²) in [4.78, 5) is 11.7. The highest BCUT2D eigenvalue weighted by atomic mass is 16.1. The normalized spacial score (nSPS) is 14.3. The number of rotatable bonds is 6. The van der Waals surface area contributed by atoms with Crippen molar-refractivity contribution < 1.29 is 4.79 Å². The first kappa shape index (κ1) is 12.7. The molecule has 0 unspecified atom stereocenters. The zero-order chi connectivity index (χ0) is 13.0. The van der Waals surface area contributed by atoms with Crippen molar-refractivity contribution in [3.8, 4) is 0 Å². The lowest BCUT2D eigenvalue weighted by atomic mass is 10.1. The maximum atomic E-state index is 11.7. The van der Waals surface area contributed by atoms with Crippen molar-refractivity contribution in [2.75, 3.05) is 24.6 Å². The zero-order valence-corrected chi connectivity index (χ0v) is 10.8. The number of hydrogen-bond donors (Lipinski definition) is 3. The van der Waals surface area contributed by atoms with E-state index >= 15 is 0 Å². The molecule has 4 N–H and O–H groups in total. The number of carbonyl (C=O) groups is 1. The van der Waals surface area contributed by atoms with Crippen LogP contribution in [-0.4, -0.2) is 19.5 Å². The largest absolute Gasteiger partial charge is 0.399 e. The Morgan fingerprint density at radius 1 is 1.44 bits per heavy atom. The molecule has 0 bridgehead atoms. The molecule has 0 atom stereocenters. The van der Waals surface area contributed by atoms with Crippen LogP contribution in [0.1, 0.15) is 36.0 Å². The summed E-state index contributed by atoms with van der Waals surface area (Å²) in [6.07, 6.45) is 5.21. The van der Waals surface area contributed by atoms with Crippen LogP contribution in [0.3, 0.4) is 0 Å². The second kappa shape index (κ2) is 5.76. The van der Waals surface area contributed by atoms with Gasteiger partial charge in [0.1, 0.15) is 0 Å². The van der Waals surface area contributed by atoms with Crippen molar-refractivity contribution in [2.24, 2.45) is 5.92 Å². The minimum atomic E-state index is -0.0836. The number of benzene rings is 1. The summed E-state index contributed by atoms with van der Waals surface area (Å²) in [5, 5.41) is 5.95. The van der Waals surface area contributed by atoms with Gasteiger partial charge in [-0.2, -0.15) is 0 Å². The van der Waals surface area contributed by atoms with E-state index in [4.69, 9.17) is 5.73 Å². The highest BCUT2D eigenvalue weighted by Crippen LogP contribution is 2.33. The Labute approximate surface area is 108 Å². The molecule has 18 heavy (non-hydrogen) atoms. The van der Waals surface area contributed by atoms with Gasteiger partial charge in [0.25, 0.3) is 5.91 Å². The molecule has 0 saturated heterocycles. The summed E-state index contributed by atoms with van der Waals surface area (Å²) in [6.45, 7) is 0.893. The average Bonchev–Trinajstić information content (AvgIpc) is 3.18. The molecule has 1 aromatic rings. The summed E-state index contributed by atoms with van der Waals surface area (Å²) < 4.78 is 0. The number of nitrogens with one attached hydrogen (secondary N) is 2. The van der Waals surface area contributed by atoms with E-state index in [1.165, 1.54) is 19.3 Å². The Balaban J connectivity index is 1.94. The Bertz CT molecular complexity index is 427. The van der Waals surface area contributed by atoms with Gasteiger partial charge < -0.3 is 16.4 Å². The molecule has 1 amide bonds. The van der Waals surface area contributed by atoms with Crippen molar-refractivity contribution in [2.45, 2.75) is 25.7 Å². The summed E-state index contributed by atoms with van der Waals surface area (Å²) in [5.74, 6) is 0.866. The van der Waals surface area contributed by atoms with Crippen LogP contribution in [-0.2, 0) is 0 Å². The van der Waals surface area contributed by atoms with Crippen molar-refractivity contribution in [3.63, 3.8) is 0 Å². The third-order valence-corrected chi connectivity index (χ3v) is 3.32. The molecule has 0 radical (unpaired) electrons. The van der Waals surface area contributed by atoms with Crippen LogP contribution >= 0.6 is 0 Å². The molecule has 4 heteroatoms. The second-order valence-electron chi connectivity index (χ2n) is 4.90. The molecule has 1 aromatic carbocycles. The molecular formula is C14H21N3O. The fourth-order valence-electron chi connectivity index (χ4n) is 2.06. The third kappa shape index (κ3) is 3.39. The van der Waals surface area contributed by atoms with Gasteiger partial charge in [-0.3, -0.25) is 4.79 Å². The van der Waals surface area contributed by atoms with Gasteiger partial charge >= 0.3 is 0 Å². The first-order valence-electron chi connectivity index (χ1n) is 6.56. The SMILES string of the molecule is CNC(=O)c1ccc(N)cc1NCCCC1CC1. The van der Waals surface area contributed by atoms with Gasteiger partial charge in [0.05, 0.1) is 5.56 Å². The van der Waals surface area contributed by atoms with E-state index in [2.05, 4.69) is 10.6 Å². The van der Waals surface area contributed by atoms with E-state index in [9.17, 15) is 4.79 Å². The van der Waals surface area contributed by atoms with Crippen LogP contribution in [0.4, 0.5) is 11.4 Å². The molecule has 0 spiro atoms. The molecular weight excluding hydrogens is 226 g/mol. The molecule has 0 heterocycles. The summed E-state index contributed by atoms with van der Waals surface area (Å²) in [5.41, 5.74) is 7.91. The Morgan fingerprint density at radius 3 is 2.89 bits per heavy atom. The van der Waals surface area contributed by atoms with Crippen molar-refractivity contribution in [1.82, 2.24) is 5.32 Å². The monoisotopic (exact) mass is 247 g/mol. The topological polar surface area (TPSA) is 67.2 Å². The van der Waals surface area contributed by atoms with E-state index in [-0.39, 0.29) is 5.91 Å². The fraction of sp³-hybridized carbons (Fsp3) is 0.500. The molecule has 98 valence electrons. The van der Waals surface area contributed by atoms with Gasteiger partial charge in [0.2, 0.25) is 0 Å². The number of amides is 1. The Morgan fingerprint density at radius 2 is 2.22 bits per heavy atom. The second-order valence-corrected chi connectivity index (χ2v) is 4.90. The maximum absolute atomic E-state index is 11.7. The van der Waals surface area contributed by atoms with Gasteiger partial charge in [-0.1, -0.05) is 12.8 Å². The van der Waals surface area contributed by atoms with Crippen molar-refractivity contribution >= 4 is 17.3 Å². The summed E-state index contributed by atoms with van der Waals surface area (Å²) in [6, 6.07) is 5.33. The quantitative estimate of drug-likeness (QED) is 0.533. The minimum absolute atomic E-state index is 0.0836. The lowest BCUT2D eigenvalue weighted by Gasteiger charge is -2.12. The fourth-order valence-corrected chi connectivity index (χ4v) is 2.06. The maximum Gasteiger partial charge on any atom is 0.253 e. The highest BCUT2D eigenvalue weighted by molar-refractivity contribution is 6.00. The smallest absolute Gasteiger partial charge is 0.253 e. The van der Waals surface area contributed by atoms with Gasteiger partial charge in [0, 0.05) is 25.0 Å². The predicted octanol–water partition coefficient (Wildman–Crippen LogP) is 2.23. The van der Waals surface area contributed by atoms with Crippen molar-refractivity contribution in [3.05, 3.63) is 23.8 Å². The lowest BCUT2D eigenvalue weighted by Crippen LogP contribution is -2.20. The standard InChI is InChI=1S/C14H21N3O/c1-16-14(18)12-7-6-11(15)9-13(12)17-8-2-3-10-4-5-10/h6-7,9-10,17H,2-5,8,15H2,1H3,(H,16,18). The minimum Gasteiger partial charge on any atom is -0.399 e. The van der Waals surface area contributed by atoms with Crippen LogP contribution in [0, 0.1) is 5.92 Å². The van der Waals surface area contributed by atoms with Crippen LogP contribution in [0.15, 0.2) is 18.2 Å². The predicted molar refractivity (Wildman–Crippen MR) is 74.7 cm³/mol. The molecule has 2 rings (SSSR count). The first-order valence-corrected chi connectivity index (χ1v) is 6.56. The van der Waals surface area contributed by atoms with Gasteiger partial charge in [-0.25, -0.2) is 0 Å². The molecule has 0 aromatic heterocycles. The lowest BCUT2D eigenvalue weighted by molar-refractivity contribution is 0.0964. The van der Waals surface area contributed by atoms with Crippen LogP contribution in [0.2, 0.25) is 0 Å². The summed E-state index contributed by atoms with van der Waals surface area (Å²) >= 11 is 0. The molecule has 1 saturated carbocycles.